The van der Waals surface area contributed by atoms with Gasteiger partial charge in [0, 0.05) is 13.0 Å². The van der Waals surface area contributed by atoms with Gasteiger partial charge in [-0.05, 0) is 50.6 Å². The number of rotatable bonds is 3. The molecule has 3 nitrogen and oxygen atoms in total. The molecule has 1 atom stereocenters. The molecule has 1 aliphatic heterocycles. The van der Waals surface area contributed by atoms with Crippen molar-refractivity contribution in [3.8, 4) is 11.8 Å². The fourth-order valence-corrected chi connectivity index (χ4v) is 2.87. The molecular formula is C17H22N2O. The third-order valence-corrected chi connectivity index (χ3v) is 4.54. The van der Waals surface area contributed by atoms with Gasteiger partial charge in [-0.15, -0.1) is 0 Å². The van der Waals surface area contributed by atoms with Gasteiger partial charge < -0.3 is 4.74 Å². The molecule has 1 aromatic carbocycles. The standard InChI is InChI=1S/C17H22N2O/c1-13-9-10-19(3)17(12-18,14(13)2)11-15-5-7-16(20-4)8-6-15/h5-8H,9-11H2,1-4H3. The van der Waals surface area contributed by atoms with E-state index >= 15 is 0 Å². The van der Waals surface area contributed by atoms with Gasteiger partial charge in [-0.2, -0.15) is 5.26 Å². The van der Waals surface area contributed by atoms with E-state index in [-0.39, 0.29) is 0 Å². The summed E-state index contributed by atoms with van der Waals surface area (Å²) in [4.78, 5) is 2.18. The van der Waals surface area contributed by atoms with Crippen LogP contribution in [0, 0.1) is 11.3 Å². The van der Waals surface area contributed by atoms with E-state index < -0.39 is 5.54 Å². The average molecular weight is 270 g/mol. The van der Waals surface area contributed by atoms with Gasteiger partial charge in [-0.3, -0.25) is 4.90 Å². The Morgan fingerprint density at radius 2 is 1.95 bits per heavy atom. The van der Waals surface area contributed by atoms with Crippen molar-refractivity contribution in [3.05, 3.63) is 41.0 Å². The van der Waals surface area contributed by atoms with Crippen LogP contribution >= 0.6 is 0 Å². The van der Waals surface area contributed by atoms with E-state index in [1.54, 1.807) is 7.11 Å². The monoisotopic (exact) mass is 270 g/mol. The molecule has 1 unspecified atom stereocenters. The van der Waals surface area contributed by atoms with Crippen LogP contribution in [-0.4, -0.2) is 31.1 Å². The number of benzene rings is 1. The maximum atomic E-state index is 9.81. The highest BCUT2D eigenvalue weighted by Crippen LogP contribution is 2.34. The molecule has 0 fully saturated rings. The summed E-state index contributed by atoms with van der Waals surface area (Å²) in [6.45, 7) is 5.17. The number of hydrogen-bond acceptors (Lipinski definition) is 3. The molecule has 0 saturated heterocycles. The molecule has 0 aromatic heterocycles. The molecule has 0 N–H and O–H groups in total. The highest BCUT2D eigenvalue weighted by molar-refractivity contribution is 5.39. The Bertz CT molecular complexity index is 553. The third kappa shape index (κ3) is 2.44. The zero-order chi connectivity index (χ0) is 14.8. The van der Waals surface area contributed by atoms with Crippen LogP contribution in [0.5, 0.6) is 5.75 Å². The smallest absolute Gasteiger partial charge is 0.134 e. The van der Waals surface area contributed by atoms with E-state index in [2.05, 4.69) is 24.8 Å². The quantitative estimate of drug-likeness (QED) is 0.792. The van der Waals surface area contributed by atoms with Crippen LogP contribution in [-0.2, 0) is 6.42 Å². The van der Waals surface area contributed by atoms with Crippen molar-refractivity contribution in [1.29, 1.82) is 5.26 Å². The lowest BCUT2D eigenvalue weighted by Crippen LogP contribution is -2.51. The van der Waals surface area contributed by atoms with E-state index in [0.29, 0.717) is 6.42 Å². The maximum Gasteiger partial charge on any atom is 0.134 e. The first-order valence-electron chi connectivity index (χ1n) is 6.96. The Labute approximate surface area is 121 Å². The predicted octanol–water partition coefficient (Wildman–Crippen LogP) is 3.17. The number of hydrogen-bond donors (Lipinski definition) is 0. The second-order valence-corrected chi connectivity index (χ2v) is 5.57. The average Bonchev–Trinajstić information content (AvgIpc) is 2.48. The second kappa shape index (κ2) is 5.68. The molecule has 1 aliphatic rings. The Balaban J connectivity index is 2.36. The number of nitrogens with zero attached hydrogens (tertiary/aromatic N) is 2. The fourth-order valence-electron chi connectivity index (χ4n) is 2.87. The Morgan fingerprint density at radius 1 is 1.30 bits per heavy atom. The van der Waals surface area contributed by atoms with Crippen LogP contribution in [0.4, 0.5) is 0 Å². The highest BCUT2D eigenvalue weighted by Gasteiger charge is 2.40. The van der Waals surface area contributed by atoms with Crippen molar-refractivity contribution in [2.45, 2.75) is 32.2 Å². The van der Waals surface area contributed by atoms with Crippen molar-refractivity contribution in [2.75, 3.05) is 20.7 Å². The molecule has 20 heavy (non-hydrogen) atoms. The summed E-state index contributed by atoms with van der Waals surface area (Å²) in [7, 11) is 3.71. The van der Waals surface area contributed by atoms with Gasteiger partial charge in [0.05, 0.1) is 13.2 Å². The molecule has 0 aliphatic carbocycles. The lowest BCUT2D eigenvalue weighted by molar-refractivity contribution is 0.194. The first-order valence-corrected chi connectivity index (χ1v) is 6.96. The summed E-state index contributed by atoms with van der Waals surface area (Å²) in [6, 6.07) is 10.6. The van der Waals surface area contributed by atoms with E-state index in [1.165, 1.54) is 11.1 Å². The zero-order valence-electron chi connectivity index (χ0n) is 12.7. The van der Waals surface area contributed by atoms with Crippen molar-refractivity contribution in [3.63, 3.8) is 0 Å². The number of methoxy groups -OCH3 is 1. The molecule has 106 valence electrons. The number of likely N-dealkylation sites (N-methyl/N-ethyl adjacent to an activating group) is 1. The van der Waals surface area contributed by atoms with Gasteiger partial charge in [-0.1, -0.05) is 17.7 Å². The normalized spacial score (nSPS) is 23.6. The zero-order valence-corrected chi connectivity index (χ0v) is 12.7. The molecule has 2 rings (SSSR count). The minimum absolute atomic E-state index is 0.517. The minimum atomic E-state index is -0.517. The number of ether oxygens (including phenoxy) is 1. The largest absolute Gasteiger partial charge is 0.497 e. The van der Waals surface area contributed by atoms with E-state index in [1.807, 2.05) is 31.3 Å². The van der Waals surface area contributed by atoms with Gasteiger partial charge >= 0.3 is 0 Å². The maximum absolute atomic E-state index is 9.81. The summed E-state index contributed by atoms with van der Waals surface area (Å²) in [6.07, 6.45) is 1.77. The summed E-state index contributed by atoms with van der Waals surface area (Å²) in [5, 5.41) is 9.81. The number of nitriles is 1. The molecule has 1 heterocycles. The summed E-state index contributed by atoms with van der Waals surface area (Å²) >= 11 is 0. The van der Waals surface area contributed by atoms with Crippen molar-refractivity contribution in [1.82, 2.24) is 4.90 Å². The van der Waals surface area contributed by atoms with Crippen molar-refractivity contribution < 1.29 is 4.74 Å². The van der Waals surface area contributed by atoms with E-state index in [0.717, 1.165) is 24.3 Å². The van der Waals surface area contributed by atoms with Gasteiger partial charge in [0.25, 0.3) is 0 Å². The van der Waals surface area contributed by atoms with Crippen LogP contribution in [0.2, 0.25) is 0 Å². The predicted molar refractivity (Wildman–Crippen MR) is 80.7 cm³/mol. The van der Waals surface area contributed by atoms with Crippen LogP contribution in [0.1, 0.15) is 25.8 Å². The second-order valence-electron chi connectivity index (χ2n) is 5.57. The molecular weight excluding hydrogens is 248 g/mol. The van der Waals surface area contributed by atoms with Crippen molar-refractivity contribution >= 4 is 0 Å². The topological polar surface area (TPSA) is 36.3 Å². The van der Waals surface area contributed by atoms with Crippen LogP contribution in [0.15, 0.2) is 35.4 Å². The van der Waals surface area contributed by atoms with Crippen molar-refractivity contribution in [2.24, 2.45) is 0 Å². The minimum Gasteiger partial charge on any atom is -0.497 e. The summed E-state index contributed by atoms with van der Waals surface area (Å²) in [5.74, 6) is 0.847. The van der Waals surface area contributed by atoms with E-state index in [4.69, 9.17) is 4.74 Å². The lowest BCUT2D eigenvalue weighted by atomic mass is 9.78. The summed E-state index contributed by atoms with van der Waals surface area (Å²) in [5.41, 5.74) is 3.19. The lowest BCUT2D eigenvalue weighted by Gasteiger charge is -2.42. The van der Waals surface area contributed by atoms with Crippen LogP contribution < -0.4 is 4.74 Å². The SMILES string of the molecule is COc1ccc(CC2(C#N)C(C)=C(C)CCN2C)cc1. The van der Waals surface area contributed by atoms with Gasteiger partial charge in [-0.25, -0.2) is 0 Å². The highest BCUT2D eigenvalue weighted by atomic mass is 16.5. The molecule has 0 amide bonds. The molecule has 1 aromatic rings. The van der Waals surface area contributed by atoms with Crippen LogP contribution in [0.25, 0.3) is 0 Å². The molecule has 3 heteroatoms. The van der Waals surface area contributed by atoms with Gasteiger partial charge in [0.1, 0.15) is 11.3 Å². The Morgan fingerprint density at radius 3 is 2.50 bits per heavy atom. The van der Waals surface area contributed by atoms with Gasteiger partial charge in [0.15, 0.2) is 0 Å². The Kier molecular flexibility index (Phi) is 4.15. The molecule has 0 radical (unpaired) electrons. The molecule has 0 bridgehead atoms. The van der Waals surface area contributed by atoms with E-state index in [9.17, 15) is 5.26 Å². The summed E-state index contributed by atoms with van der Waals surface area (Å²) < 4.78 is 5.19. The van der Waals surface area contributed by atoms with Crippen LogP contribution in [0.3, 0.4) is 0 Å². The first-order chi connectivity index (χ1) is 9.53. The fraction of sp³-hybridized carbons (Fsp3) is 0.471. The Hall–Kier alpha value is -1.79. The van der Waals surface area contributed by atoms with Gasteiger partial charge in [0.2, 0.25) is 0 Å². The molecule has 0 spiro atoms. The molecule has 0 saturated carbocycles. The third-order valence-electron chi connectivity index (χ3n) is 4.54. The first kappa shape index (κ1) is 14.6.